The minimum Gasteiger partial charge on any atom is -0.334 e. The fourth-order valence-electron chi connectivity index (χ4n) is 2.41. The van der Waals surface area contributed by atoms with Crippen molar-refractivity contribution in [3.05, 3.63) is 72.1 Å². The minimum atomic E-state index is -4.55. The highest BCUT2D eigenvalue weighted by atomic mass is 32.2. The highest BCUT2D eigenvalue weighted by Crippen LogP contribution is 2.31. The van der Waals surface area contributed by atoms with Gasteiger partial charge in [-0.25, -0.2) is 13.2 Å². The molecule has 3 aromatic rings. The van der Waals surface area contributed by atoms with E-state index in [1.54, 1.807) is 12.4 Å². The van der Waals surface area contributed by atoms with Crippen molar-refractivity contribution in [3.8, 4) is 0 Å². The van der Waals surface area contributed by atoms with Crippen LogP contribution in [0.5, 0.6) is 0 Å². The summed E-state index contributed by atoms with van der Waals surface area (Å²) in [6.45, 7) is 0.253. The van der Waals surface area contributed by atoms with Crippen molar-refractivity contribution in [1.29, 1.82) is 0 Å². The number of carbonyl (C=O) groups excluding carboxylic acids is 1. The topological polar surface area (TPSA) is 104 Å². The number of halogens is 3. The van der Waals surface area contributed by atoms with Gasteiger partial charge in [-0.1, -0.05) is 0 Å². The number of benzene rings is 2. The lowest BCUT2D eigenvalue weighted by Gasteiger charge is -2.10. The summed E-state index contributed by atoms with van der Waals surface area (Å²) >= 11 is 0. The summed E-state index contributed by atoms with van der Waals surface area (Å²) in [6, 6.07) is 8.05. The van der Waals surface area contributed by atoms with E-state index in [0.29, 0.717) is 17.8 Å². The van der Waals surface area contributed by atoms with Crippen LogP contribution < -0.4 is 10.6 Å². The van der Waals surface area contributed by atoms with Crippen LogP contribution in [0.15, 0.2) is 70.7 Å². The average molecular weight is 424 g/mol. The zero-order valence-electron chi connectivity index (χ0n) is 14.7. The maximum atomic E-state index is 12.6. The first-order valence-electron chi connectivity index (χ1n) is 8.21. The predicted molar refractivity (Wildman–Crippen MR) is 97.8 cm³/mol. The van der Waals surface area contributed by atoms with Gasteiger partial charge in [-0.05, 0) is 48.5 Å². The standard InChI is InChI=1S/C18H15F3N4O3S/c19-18(20,21)13-1-5-15(6-2-13)29(27,28)16-7-3-14(4-8-16)25-17(26)22-9-12-10-23-24-11-12/h1-8,10-11H,9H2,(H,23,24)(H2,22,25,26). The maximum absolute atomic E-state index is 12.6. The van der Waals surface area contributed by atoms with Crippen molar-refractivity contribution in [2.45, 2.75) is 22.5 Å². The van der Waals surface area contributed by atoms with Gasteiger partial charge in [0.1, 0.15) is 0 Å². The molecule has 3 N–H and O–H groups in total. The van der Waals surface area contributed by atoms with E-state index < -0.39 is 27.6 Å². The van der Waals surface area contributed by atoms with Gasteiger partial charge in [0.25, 0.3) is 0 Å². The number of sulfone groups is 1. The largest absolute Gasteiger partial charge is 0.416 e. The van der Waals surface area contributed by atoms with E-state index in [9.17, 15) is 26.4 Å². The third-order valence-corrected chi connectivity index (χ3v) is 5.71. The Hall–Kier alpha value is -3.34. The monoisotopic (exact) mass is 424 g/mol. The molecule has 1 aromatic heterocycles. The molecule has 0 fully saturated rings. The Kier molecular flexibility index (Phi) is 5.59. The molecule has 0 aliphatic rings. The summed E-state index contributed by atoms with van der Waals surface area (Å²) in [4.78, 5) is 11.5. The number of anilines is 1. The lowest BCUT2D eigenvalue weighted by molar-refractivity contribution is -0.137. The van der Waals surface area contributed by atoms with E-state index >= 15 is 0 Å². The molecule has 0 atom stereocenters. The average Bonchev–Trinajstić information content (AvgIpc) is 3.20. The smallest absolute Gasteiger partial charge is 0.334 e. The summed E-state index contributed by atoms with van der Waals surface area (Å²) in [5, 5.41) is 11.5. The van der Waals surface area contributed by atoms with E-state index in [0.717, 1.165) is 17.7 Å². The first-order valence-corrected chi connectivity index (χ1v) is 9.69. The van der Waals surface area contributed by atoms with Crippen LogP contribution in [0, 0.1) is 0 Å². The van der Waals surface area contributed by atoms with Gasteiger partial charge in [-0.2, -0.15) is 18.3 Å². The van der Waals surface area contributed by atoms with Crippen LogP contribution in [-0.4, -0.2) is 24.6 Å². The van der Waals surface area contributed by atoms with E-state index in [-0.39, 0.29) is 16.3 Å². The fraction of sp³-hybridized carbons (Fsp3) is 0.111. The Morgan fingerprint density at radius 2 is 1.59 bits per heavy atom. The van der Waals surface area contributed by atoms with Crippen molar-refractivity contribution in [2.24, 2.45) is 0 Å². The van der Waals surface area contributed by atoms with Crippen LogP contribution in [0.3, 0.4) is 0 Å². The summed E-state index contributed by atoms with van der Waals surface area (Å²) in [6.07, 6.45) is -1.36. The summed E-state index contributed by atoms with van der Waals surface area (Å²) < 4.78 is 63.0. The molecular weight excluding hydrogens is 409 g/mol. The molecule has 0 saturated carbocycles. The number of H-pyrrole nitrogens is 1. The molecule has 3 rings (SSSR count). The van der Waals surface area contributed by atoms with E-state index in [2.05, 4.69) is 20.8 Å². The van der Waals surface area contributed by atoms with Crippen molar-refractivity contribution in [2.75, 3.05) is 5.32 Å². The Morgan fingerprint density at radius 1 is 1.00 bits per heavy atom. The number of amides is 2. The van der Waals surface area contributed by atoms with Crippen LogP contribution in [0.25, 0.3) is 0 Å². The van der Waals surface area contributed by atoms with Crippen molar-refractivity contribution in [1.82, 2.24) is 15.5 Å². The molecule has 29 heavy (non-hydrogen) atoms. The summed E-state index contributed by atoms with van der Waals surface area (Å²) in [5.41, 5.74) is 0.191. The van der Waals surface area contributed by atoms with Gasteiger partial charge in [0.05, 0.1) is 21.6 Å². The van der Waals surface area contributed by atoms with Crippen LogP contribution in [0.2, 0.25) is 0 Å². The Morgan fingerprint density at radius 3 is 2.10 bits per heavy atom. The van der Waals surface area contributed by atoms with Gasteiger partial charge in [0.15, 0.2) is 0 Å². The molecule has 2 amide bonds. The molecule has 11 heteroatoms. The van der Waals surface area contributed by atoms with Crippen molar-refractivity contribution in [3.63, 3.8) is 0 Å². The zero-order chi connectivity index (χ0) is 21.1. The van der Waals surface area contributed by atoms with Gasteiger partial charge in [0, 0.05) is 24.0 Å². The number of carbonyl (C=O) groups is 1. The number of hydrogen-bond acceptors (Lipinski definition) is 4. The first kappa shape index (κ1) is 20.4. The third-order valence-electron chi connectivity index (χ3n) is 3.92. The van der Waals surface area contributed by atoms with Gasteiger partial charge < -0.3 is 10.6 Å². The highest BCUT2D eigenvalue weighted by Gasteiger charge is 2.30. The normalized spacial score (nSPS) is 11.8. The molecular formula is C18H15F3N4O3S. The molecule has 0 saturated heterocycles. The van der Waals surface area contributed by atoms with Crippen LogP contribution in [-0.2, 0) is 22.6 Å². The molecule has 0 radical (unpaired) electrons. The van der Waals surface area contributed by atoms with Gasteiger partial charge in [-0.15, -0.1) is 0 Å². The second-order valence-electron chi connectivity index (χ2n) is 5.96. The Labute approximate surface area is 163 Å². The predicted octanol–water partition coefficient (Wildman–Crippen LogP) is 3.58. The summed E-state index contributed by atoms with van der Waals surface area (Å²) in [5.74, 6) is 0. The van der Waals surface area contributed by atoms with Crippen molar-refractivity contribution >= 4 is 21.6 Å². The van der Waals surface area contributed by atoms with Gasteiger partial charge in [-0.3, -0.25) is 5.10 Å². The second-order valence-corrected chi connectivity index (χ2v) is 7.91. The SMILES string of the molecule is O=C(NCc1cn[nH]c1)Nc1ccc(S(=O)(=O)c2ccc(C(F)(F)F)cc2)cc1. The number of alkyl halides is 3. The number of urea groups is 1. The van der Waals surface area contributed by atoms with E-state index in [4.69, 9.17) is 0 Å². The number of hydrogen-bond donors (Lipinski definition) is 3. The molecule has 0 aliphatic heterocycles. The zero-order valence-corrected chi connectivity index (χ0v) is 15.5. The molecule has 7 nitrogen and oxygen atoms in total. The number of aromatic nitrogens is 2. The van der Waals surface area contributed by atoms with E-state index in [1.165, 1.54) is 24.3 Å². The Bertz CT molecular complexity index is 1080. The van der Waals surface area contributed by atoms with Crippen LogP contribution in [0.4, 0.5) is 23.7 Å². The quantitative estimate of drug-likeness (QED) is 0.582. The van der Waals surface area contributed by atoms with Gasteiger partial charge in [0.2, 0.25) is 9.84 Å². The lowest BCUT2D eigenvalue weighted by Crippen LogP contribution is -2.28. The lowest BCUT2D eigenvalue weighted by atomic mass is 10.2. The molecule has 2 aromatic carbocycles. The molecule has 0 aliphatic carbocycles. The van der Waals surface area contributed by atoms with Gasteiger partial charge >= 0.3 is 12.2 Å². The summed E-state index contributed by atoms with van der Waals surface area (Å²) in [7, 11) is -3.99. The maximum Gasteiger partial charge on any atom is 0.416 e. The Balaban J connectivity index is 1.67. The molecule has 0 unspecified atom stereocenters. The van der Waals surface area contributed by atoms with Crippen LogP contribution >= 0.6 is 0 Å². The third kappa shape index (κ3) is 4.93. The van der Waals surface area contributed by atoms with Crippen molar-refractivity contribution < 1.29 is 26.4 Å². The van der Waals surface area contributed by atoms with E-state index in [1.807, 2.05) is 0 Å². The molecule has 0 spiro atoms. The second kappa shape index (κ2) is 7.95. The minimum absolute atomic E-state index is 0.110. The first-order chi connectivity index (χ1) is 13.7. The van der Waals surface area contributed by atoms with Crippen LogP contribution in [0.1, 0.15) is 11.1 Å². The number of rotatable bonds is 5. The molecule has 152 valence electrons. The number of aromatic amines is 1. The number of nitrogens with one attached hydrogen (secondary N) is 3. The highest BCUT2D eigenvalue weighted by molar-refractivity contribution is 7.91. The number of nitrogens with zero attached hydrogens (tertiary/aromatic N) is 1. The molecule has 0 bridgehead atoms. The molecule has 1 heterocycles. The fourth-order valence-corrected chi connectivity index (χ4v) is 3.67.